The third kappa shape index (κ3) is 3.07. The molecule has 2 aromatic carbocycles. The summed E-state index contributed by atoms with van der Waals surface area (Å²) in [4.78, 5) is 15.5. The van der Waals surface area contributed by atoms with E-state index in [4.69, 9.17) is 0 Å². The van der Waals surface area contributed by atoms with Gasteiger partial charge >= 0.3 is 5.97 Å². The lowest BCUT2D eigenvalue weighted by atomic mass is 10.1. The van der Waals surface area contributed by atoms with E-state index in [1.807, 2.05) is 24.3 Å². The second kappa shape index (κ2) is 7.11. The van der Waals surface area contributed by atoms with Crippen LogP contribution in [0, 0.1) is 5.82 Å². The summed E-state index contributed by atoms with van der Waals surface area (Å²) in [6.07, 6.45) is 3.63. The summed E-state index contributed by atoms with van der Waals surface area (Å²) in [5.41, 5.74) is 3.04. The lowest BCUT2D eigenvalue weighted by Gasteiger charge is -2.09. The van der Waals surface area contributed by atoms with Gasteiger partial charge in [0.15, 0.2) is 5.82 Å². The summed E-state index contributed by atoms with van der Waals surface area (Å²) >= 11 is 0. The molecule has 2 heterocycles. The highest BCUT2D eigenvalue weighted by atomic mass is 19.1. The Morgan fingerprint density at radius 3 is 2.82 bits per heavy atom. The maximum Gasteiger partial charge on any atom is 0.337 e. The summed E-state index contributed by atoms with van der Waals surface area (Å²) in [5, 5.41) is 17.6. The van der Waals surface area contributed by atoms with E-state index >= 15 is 0 Å². The van der Waals surface area contributed by atoms with E-state index in [0.29, 0.717) is 16.7 Å². The first-order valence-corrected chi connectivity index (χ1v) is 8.79. The lowest BCUT2D eigenvalue weighted by Crippen LogP contribution is -2.04. The fourth-order valence-electron chi connectivity index (χ4n) is 3.19. The number of rotatable bonds is 5. The molecule has 0 atom stereocenters. The van der Waals surface area contributed by atoms with Gasteiger partial charge < -0.3 is 10.4 Å². The molecule has 2 aromatic heterocycles. The molecule has 0 fully saturated rings. The van der Waals surface area contributed by atoms with Crippen LogP contribution in [-0.2, 0) is 6.42 Å². The zero-order valence-electron chi connectivity index (χ0n) is 15.1. The number of aryl methyl sites for hydroxylation is 1. The van der Waals surface area contributed by atoms with Crippen molar-refractivity contribution in [2.24, 2.45) is 0 Å². The molecule has 4 aromatic rings. The number of hydrogen-bond acceptors (Lipinski definition) is 4. The van der Waals surface area contributed by atoms with E-state index in [0.717, 1.165) is 17.7 Å². The van der Waals surface area contributed by atoms with Crippen molar-refractivity contribution in [1.82, 2.24) is 14.8 Å². The largest absolute Gasteiger partial charge is 0.478 e. The first kappa shape index (κ1) is 17.7. The van der Waals surface area contributed by atoms with Crippen LogP contribution in [0.15, 0.2) is 60.9 Å². The van der Waals surface area contributed by atoms with Gasteiger partial charge in [-0.3, -0.25) is 4.98 Å². The molecule has 0 aliphatic carbocycles. The summed E-state index contributed by atoms with van der Waals surface area (Å²) in [6.45, 7) is 2.05. The van der Waals surface area contributed by atoms with Crippen molar-refractivity contribution >= 4 is 28.4 Å². The molecule has 0 aliphatic heterocycles. The van der Waals surface area contributed by atoms with Gasteiger partial charge in [-0.1, -0.05) is 25.1 Å². The molecular weight excluding hydrogens is 359 g/mol. The maximum atomic E-state index is 13.9. The summed E-state index contributed by atoms with van der Waals surface area (Å²) in [7, 11) is 0. The number of pyridine rings is 1. The number of carboxylic acids is 1. The van der Waals surface area contributed by atoms with Crippen molar-refractivity contribution in [2.45, 2.75) is 13.3 Å². The van der Waals surface area contributed by atoms with Crippen LogP contribution in [0.1, 0.15) is 22.8 Å². The molecule has 0 amide bonds. The van der Waals surface area contributed by atoms with Crippen LogP contribution >= 0.6 is 0 Å². The van der Waals surface area contributed by atoms with E-state index < -0.39 is 11.8 Å². The van der Waals surface area contributed by atoms with E-state index in [1.165, 1.54) is 30.6 Å². The highest BCUT2D eigenvalue weighted by Gasteiger charge is 2.17. The molecule has 140 valence electrons. The standard InChI is InChI=1S/C21H17FN4O2/c1-2-13-5-3-4-6-18(13)26-19-8-7-14(22)11-16(19)20(25-26)24-17-12-23-10-9-15(17)21(27)28/h3-12H,2H2,1H3,(H,24,25)(H,27,28). The van der Waals surface area contributed by atoms with Gasteiger partial charge in [0.1, 0.15) is 5.82 Å². The molecule has 0 saturated carbocycles. The van der Waals surface area contributed by atoms with Gasteiger partial charge in [0, 0.05) is 11.6 Å². The van der Waals surface area contributed by atoms with Crippen LogP contribution in [-0.4, -0.2) is 25.8 Å². The number of hydrogen-bond donors (Lipinski definition) is 2. The van der Waals surface area contributed by atoms with Crippen molar-refractivity contribution < 1.29 is 14.3 Å². The van der Waals surface area contributed by atoms with Crippen LogP contribution < -0.4 is 5.32 Å². The van der Waals surface area contributed by atoms with E-state index in [2.05, 4.69) is 22.3 Å². The van der Waals surface area contributed by atoms with Gasteiger partial charge in [-0.15, -0.1) is 5.10 Å². The highest BCUT2D eigenvalue weighted by molar-refractivity contribution is 5.98. The Balaban J connectivity index is 1.91. The topological polar surface area (TPSA) is 80.0 Å². The Morgan fingerprint density at radius 2 is 2.04 bits per heavy atom. The minimum Gasteiger partial charge on any atom is -0.478 e. The second-order valence-electron chi connectivity index (χ2n) is 6.26. The van der Waals surface area contributed by atoms with Crippen molar-refractivity contribution in [3.8, 4) is 5.69 Å². The van der Waals surface area contributed by atoms with Crippen molar-refractivity contribution in [3.05, 3.63) is 77.9 Å². The molecule has 0 aliphatic rings. The van der Waals surface area contributed by atoms with Gasteiger partial charge in [0.25, 0.3) is 0 Å². The number of nitrogens with zero attached hydrogens (tertiary/aromatic N) is 3. The number of aromatic carboxylic acids is 1. The molecule has 4 rings (SSSR count). The zero-order valence-corrected chi connectivity index (χ0v) is 15.1. The van der Waals surface area contributed by atoms with E-state index in [9.17, 15) is 14.3 Å². The third-order valence-corrected chi connectivity index (χ3v) is 4.55. The van der Waals surface area contributed by atoms with Gasteiger partial charge in [-0.2, -0.15) is 0 Å². The van der Waals surface area contributed by atoms with Crippen LogP contribution in [0.4, 0.5) is 15.9 Å². The Bertz CT molecular complexity index is 1190. The summed E-state index contributed by atoms with van der Waals surface area (Å²) in [5.74, 6) is -1.13. The zero-order chi connectivity index (χ0) is 19.7. The Hall–Kier alpha value is -3.74. The van der Waals surface area contributed by atoms with Crippen molar-refractivity contribution in [3.63, 3.8) is 0 Å². The quantitative estimate of drug-likeness (QED) is 0.534. The number of aromatic nitrogens is 3. The van der Waals surface area contributed by atoms with Gasteiger partial charge in [0.05, 0.1) is 28.7 Å². The van der Waals surface area contributed by atoms with Gasteiger partial charge in [-0.05, 0) is 42.3 Å². The number of nitrogens with one attached hydrogen (secondary N) is 1. The van der Waals surface area contributed by atoms with Crippen LogP contribution in [0.5, 0.6) is 0 Å². The third-order valence-electron chi connectivity index (χ3n) is 4.55. The van der Waals surface area contributed by atoms with Crippen molar-refractivity contribution in [1.29, 1.82) is 0 Å². The van der Waals surface area contributed by atoms with Crippen LogP contribution in [0.2, 0.25) is 0 Å². The average Bonchev–Trinajstić information content (AvgIpc) is 3.05. The van der Waals surface area contributed by atoms with Crippen LogP contribution in [0.25, 0.3) is 16.6 Å². The maximum absolute atomic E-state index is 13.9. The molecule has 0 radical (unpaired) electrons. The number of para-hydroxylation sites is 1. The number of fused-ring (bicyclic) bond motifs is 1. The monoisotopic (exact) mass is 376 g/mol. The predicted molar refractivity (Wildman–Crippen MR) is 105 cm³/mol. The predicted octanol–water partition coefficient (Wildman–Crippen LogP) is 4.56. The molecule has 28 heavy (non-hydrogen) atoms. The molecule has 0 saturated heterocycles. The van der Waals surface area contributed by atoms with Gasteiger partial charge in [-0.25, -0.2) is 13.9 Å². The number of carboxylic acid groups (broad SMARTS) is 1. The first-order valence-electron chi connectivity index (χ1n) is 8.79. The Morgan fingerprint density at radius 1 is 1.21 bits per heavy atom. The number of halogens is 1. The molecule has 0 bridgehead atoms. The smallest absolute Gasteiger partial charge is 0.337 e. The molecule has 0 spiro atoms. The molecule has 7 heteroatoms. The number of benzene rings is 2. The Kier molecular flexibility index (Phi) is 4.49. The molecule has 6 nitrogen and oxygen atoms in total. The fourth-order valence-corrected chi connectivity index (χ4v) is 3.19. The molecule has 0 unspecified atom stereocenters. The summed E-state index contributed by atoms with van der Waals surface area (Å²) in [6, 6.07) is 13.7. The minimum absolute atomic E-state index is 0.0584. The normalized spacial score (nSPS) is 10.9. The second-order valence-corrected chi connectivity index (χ2v) is 6.26. The van der Waals surface area contributed by atoms with Crippen LogP contribution in [0.3, 0.4) is 0 Å². The fraction of sp³-hybridized carbons (Fsp3) is 0.0952. The number of anilines is 2. The summed E-state index contributed by atoms with van der Waals surface area (Å²) < 4.78 is 15.7. The minimum atomic E-state index is -1.09. The van der Waals surface area contributed by atoms with E-state index in [1.54, 1.807) is 10.7 Å². The SMILES string of the molecule is CCc1ccccc1-n1nc(Nc2cnccc2C(=O)O)c2cc(F)ccc21. The number of carbonyl (C=O) groups is 1. The molecule has 2 N–H and O–H groups in total. The van der Waals surface area contributed by atoms with Gasteiger partial charge in [0.2, 0.25) is 0 Å². The lowest BCUT2D eigenvalue weighted by molar-refractivity contribution is 0.0698. The molecular formula is C21H17FN4O2. The highest BCUT2D eigenvalue weighted by Crippen LogP contribution is 2.30. The Labute approximate surface area is 160 Å². The van der Waals surface area contributed by atoms with Crippen molar-refractivity contribution in [2.75, 3.05) is 5.32 Å². The van der Waals surface area contributed by atoms with E-state index in [-0.39, 0.29) is 11.3 Å². The average molecular weight is 376 g/mol. The first-order chi connectivity index (χ1) is 13.6.